The van der Waals surface area contributed by atoms with Gasteiger partial charge in [0.25, 0.3) is 0 Å². The van der Waals surface area contributed by atoms with Crippen molar-refractivity contribution in [3.63, 3.8) is 0 Å². The van der Waals surface area contributed by atoms with Crippen LogP contribution in [0.25, 0.3) is 0 Å². The lowest BCUT2D eigenvalue weighted by Crippen LogP contribution is -2.23. The second kappa shape index (κ2) is 5.70. The molecular weight excluding hydrogens is 288 g/mol. The van der Waals surface area contributed by atoms with E-state index >= 15 is 0 Å². The molecule has 0 saturated carbocycles. The zero-order valence-corrected chi connectivity index (χ0v) is 11.2. The van der Waals surface area contributed by atoms with Crippen molar-refractivity contribution in [1.82, 2.24) is 9.71 Å². The van der Waals surface area contributed by atoms with Gasteiger partial charge in [-0.15, -0.1) is 0 Å². The summed E-state index contributed by atoms with van der Waals surface area (Å²) in [6.07, 6.45) is 1.32. The number of halogens is 2. The molecule has 0 amide bonds. The second-order valence-corrected chi connectivity index (χ2v) is 5.90. The average Bonchev–Trinajstić information content (AvgIpc) is 2.90. The molecule has 0 aliphatic heterocycles. The Morgan fingerprint density at radius 3 is 2.55 bits per heavy atom. The van der Waals surface area contributed by atoms with Crippen molar-refractivity contribution < 1.29 is 17.2 Å². The first-order valence-corrected chi connectivity index (χ1v) is 7.21. The van der Waals surface area contributed by atoms with Crippen LogP contribution in [0.3, 0.4) is 0 Å². The van der Waals surface area contributed by atoms with E-state index < -0.39 is 21.7 Å². The third-order valence-corrected chi connectivity index (χ3v) is 4.08. The van der Waals surface area contributed by atoms with Gasteiger partial charge in [0.15, 0.2) is 11.6 Å². The third-order valence-electron chi connectivity index (χ3n) is 2.70. The first kappa shape index (κ1) is 14.6. The Labute approximate surface area is 114 Å². The molecule has 20 heavy (non-hydrogen) atoms. The Bertz CT molecular complexity index is 713. The van der Waals surface area contributed by atoms with Gasteiger partial charge in [-0.25, -0.2) is 21.9 Å². The molecule has 0 bridgehead atoms. The number of sulfonamides is 1. The highest BCUT2D eigenvalue weighted by Crippen LogP contribution is 2.12. The maximum absolute atomic E-state index is 13.0. The Morgan fingerprint density at radius 2 is 1.95 bits per heavy atom. The minimum absolute atomic E-state index is 0.0422. The van der Waals surface area contributed by atoms with E-state index in [0.29, 0.717) is 11.3 Å². The van der Waals surface area contributed by atoms with E-state index in [2.05, 4.69) is 9.71 Å². The van der Waals surface area contributed by atoms with Gasteiger partial charge in [0.2, 0.25) is 10.0 Å². The molecule has 0 saturated heterocycles. The fourth-order valence-corrected chi connectivity index (χ4v) is 2.64. The molecule has 1 aromatic heterocycles. The number of H-pyrrole nitrogens is 1. The van der Waals surface area contributed by atoms with Crippen LogP contribution < -0.4 is 10.5 Å². The molecule has 0 atom stereocenters. The van der Waals surface area contributed by atoms with Crippen molar-refractivity contribution in [2.45, 2.75) is 18.0 Å². The fourth-order valence-electron chi connectivity index (χ4n) is 1.60. The van der Waals surface area contributed by atoms with E-state index in [9.17, 15) is 17.2 Å². The zero-order valence-electron chi connectivity index (χ0n) is 10.4. The summed E-state index contributed by atoms with van der Waals surface area (Å²) in [6.45, 7) is 0.0569. The molecule has 0 aliphatic carbocycles. The van der Waals surface area contributed by atoms with Crippen LogP contribution in [-0.4, -0.2) is 13.4 Å². The van der Waals surface area contributed by atoms with Gasteiger partial charge in [0.05, 0.1) is 4.90 Å². The second-order valence-electron chi connectivity index (χ2n) is 4.14. The van der Waals surface area contributed by atoms with E-state index in [1.54, 1.807) is 0 Å². The minimum Gasteiger partial charge on any atom is -0.363 e. The average molecular weight is 301 g/mol. The topological polar surface area (TPSA) is 88.0 Å². The molecular formula is C12H13F2N3O2S. The van der Waals surface area contributed by atoms with Crippen molar-refractivity contribution in [2.75, 3.05) is 0 Å². The van der Waals surface area contributed by atoms with Crippen molar-refractivity contribution in [2.24, 2.45) is 5.73 Å². The molecule has 1 aromatic carbocycles. The zero-order chi connectivity index (χ0) is 14.8. The highest BCUT2D eigenvalue weighted by atomic mass is 32.2. The molecule has 2 rings (SSSR count). The van der Waals surface area contributed by atoms with Crippen LogP contribution in [-0.2, 0) is 23.1 Å². The monoisotopic (exact) mass is 301 g/mol. The van der Waals surface area contributed by atoms with Crippen molar-refractivity contribution in [3.05, 3.63) is 53.4 Å². The number of hydrogen-bond acceptors (Lipinski definition) is 3. The maximum atomic E-state index is 13.0. The first-order valence-electron chi connectivity index (χ1n) is 5.73. The van der Waals surface area contributed by atoms with Crippen LogP contribution >= 0.6 is 0 Å². The molecule has 0 radical (unpaired) electrons. The van der Waals surface area contributed by atoms with E-state index in [1.165, 1.54) is 18.3 Å². The van der Waals surface area contributed by atoms with Gasteiger partial charge < -0.3 is 10.7 Å². The van der Waals surface area contributed by atoms with Gasteiger partial charge in [-0.2, -0.15) is 0 Å². The lowest BCUT2D eigenvalue weighted by molar-refractivity contribution is 0.506. The number of benzene rings is 1. The van der Waals surface area contributed by atoms with Crippen LogP contribution in [0.5, 0.6) is 0 Å². The van der Waals surface area contributed by atoms with Gasteiger partial charge in [-0.1, -0.05) is 6.07 Å². The Hall–Kier alpha value is -1.77. The molecule has 108 valence electrons. The SMILES string of the molecule is NCc1cc(S(=O)(=O)NCc2ccc(F)c(F)c2)c[nH]1. The van der Waals surface area contributed by atoms with Crippen LogP contribution in [0, 0.1) is 11.6 Å². The standard InChI is InChI=1S/C12H13F2N3O2S/c13-11-2-1-8(3-12(11)14)6-17-20(18,19)10-4-9(5-15)16-7-10/h1-4,7,16-17H,5-6,15H2. The largest absolute Gasteiger partial charge is 0.363 e. The maximum Gasteiger partial charge on any atom is 0.242 e. The van der Waals surface area contributed by atoms with E-state index in [1.807, 2.05) is 0 Å². The van der Waals surface area contributed by atoms with Gasteiger partial charge in [0.1, 0.15) is 0 Å². The molecule has 1 heterocycles. The Kier molecular flexibility index (Phi) is 4.17. The number of nitrogens with one attached hydrogen (secondary N) is 2. The summed E-state index contributed by atoms with van der Waals surface area (Å²) >= 11 is 0. The highest BCUT2D eigenvalue weighted by molar-refractivity contribution is 7.89. The molecule has 0 aliphatic rings. The van der Waals surface area contributed by atoms with Crippen molar-refractivity contribution >= 4 is 10.0 Å². The number of rotatable bonds is 5. The Balaban J connectivity index is 2.10. The normalized spacial score (nSPS) is 11.8. The van der Waals surface area contributed by atoms with E-state index in [-0.39, 0.29) is 18.0 Å². The summed E-state index contributed by atoms with van der Waals surface area (Å²) < 4.78 is 51.9. The smallest absolute Gasteiger partial charge is 0.242 e. The molecule has 0 spiro atoms. The third kappa shape index (κ3) is 3.21. The molecule has 0 unspecified atom stereocenters. The molecule has 2 aromatic rings. The first-order chi connectivity index (χ1) is 9.42. The predicted octanol–water partition coefficient (Wildman–Crippen LogP) is 1.23. The molecule has 4 N–H and O–H groups in total. The number of nitrogens with two attached hydrogens (primary N) is 1. The summed E-state index contributed by atoms with van der Waals surface area (Å²) in [5.41, 5.74) is 6.28. The lowest BCUT2D eigenvalue weighted by Gasteiger charge is -2.05. The van der Waals surface area contributed by atoms with E-state index in [0.717, 1.165) is 12.1 Å². The summed E-state index contributed by atoms with van der Waals surface area (Å²) in [5.74, 6) is -2.00. The van der Waals surface area contributed by atoms with Crippen molar-refractivity contribution in [1.29, 1.82) is 0 Å². The lowest BCUT2D eigenvalue weighted by atomic mass is 10.2. The summed E-state index contributed by atoms with van der Waals surface area (Å²) in [6, 6.07) is 4.61. The summed E-state index contributed by atoms with van der Waals surface area (Å²) in [4.78, 5) is 2.76. The van der Waals surface area contributed by atoms with Crippen LogP contribution in [0.4, 0.5) is 8.78 Å². The number of aromatic amines is 1. The van der Waals surface area contributed by atoms with Gasteiger partial charge >= 0.3 is 0 Å². The van der Waals surface area contributed by atoms with Gasteiger partial charge in [-0.05, 0) is 23.8 Å². The fraction of sp³-hybridized carbons (Fsp3) is 0.167. The summed E-state index contributed by atoms with van der Waals surface area (Å²) in [5, 5.41) is 0. The summed E-state index contributed by atoms with van der Waals surface area (Å²) in [7, 11) is -3.72. The van der Waals surface area contributed by atoms with Gasteiger partial charge in [-0.3, -0.25) is 0 Å². The van der Waals surface area contributed by atoms with Gasteiger partial charge in [0, 0.05) is 25.0 Å². The molecule has 0 fully saturated rings. The molecule has 8 heteroatoms. The minimum atomic E-state index is -3.72. The predicted molar refractivity (Wildman–Crippen MR) is 69.1 cm³/mol. The molecule has 5 nitrogen and oxygen atoms in total. The number of hydrogen-bond donors (Lipinski definition) is 3. The quantitative estimate of drug-likeness (QED) is 0.776. The van der Waals surface area contributed by atoms with Crippen molar-refractivity contribution in [3.8, 4) is 0 Å². The van der Waals surface area contributed by atoms with Crippen LogP contribution in [0.15, 0.2) is 35.4 Å². The van der Waals surface area contributed by atoms with Crippen LogP contribution in [0.2, 0.25) is 0 Å². The van der Waals surface area contributed by atoms with Crippen LogP contribution in [0.1, 0.15) is 11.3 Å². The highest BCUT2D eigenvalue weighted by Gasteiger charge is 2.15. The number of aromatic nitrogens is 1. The Morgan fingerprint density at radius 1 is 1.20 bits per heavy atom. The van der Waals surface area contributed by atoms with E-state index in [4.69, 9.17) is 5.73 Å².